The van der Waals surface area contributed by atoms with Gasteiger partial charge in [0.1, 0.15) is 11.6 Å². The van der Waals surface area contributed by atoms with Crippen LogP contribution in [0.2, 0.25) is 0 Å². The highest BCUT2D eigenvalue weighted by Gasteiger charge is 2.44. The summed E-state index contributed by atoms with van der Waals surface area (Å²) in [6.07, 6.45) is -4.58. The van der Waals surface area contributed by atoms with E-state index in [-0.39, 0.29) is 18.1 Å². The molecule has 4 aromatic carbocycles. The van der Waals surface area contributed by atoms with Gasteiger partial charge in [0, 0.05) is 17.8 Å². The van der Waals surface area contributed by atoms with E-state index >= 15 is 0 Å². The number of halogens is 4. The summed E-state index contributed by atoms with van der Waals surface area (Å²) in [5.74, 6) is -1.74. The van der Waals surface area contributed by atoms with Crippen molar-refractivity contribution in [2.24, 2.45) is 0 Å². The third-order valence-corrected chi connectivity index (χ3v) is 6.90. The third kappa shape index (κ3) is 5.40. The molecule has 0 bridgehead atoms. The molecule has 0 fully saturated rings. The Morgan fingerprint density at radius 3 is 2.30 bits per heavy atom. The summed E-state index contributed by atoms with van der Waals surface area (Å²) in [4.78, 5) is 29.3. The van der Waals surface area contributed by atoms with E-state index in [9.17, 15) is 27.2 Å². The van der Waals surface area contributed by atoms with Gasteiger partial charge in [-0.3, -0.25) is 9.59 Å². The van der Waals surface area contributed by atoms with Crippen LogP contribution in [0.4, 0.5) is 23.2 Å². The number of hydrogen-bond acceptors (Lipinski definition) is 3. The van der Waals surface area contributed by atoms with Crippen molar-refractivity contribution >= 4 is 17.5 Å². The fourth-order valence-corrected chi connectivity index (χ4v) is 5.00. The van der Waals surface area contributed by atoms with Crippen molar-refractivity contribution in [2.75, 3.05) is 12.4 Å². The Morgan fingerprint density at radius 2 is 1.62 bits per heavy atom. The molecular formula is C31H24F4N2O3. The SMILES string of the molecule is COc1ccc([C@H]2[C@H](C(=O)Nc3cccc(C(F)(F)F)c3)c3ccccc3C(=O)N2Cc2ccc(F)cc2)cc1. The first-order valence-corrected chi connectivity index (χ1v) is 12.4. The van der Waals surface area contributed by atoms with E-state index in [0.29, 0.717) is 28.0 Å². The Morgan fingerprint density at radius 1 is 0.925 bits per heavy atom. The van der Waals surface area contributed by atoms with Gasteiger partial charge in [-0.25, -0.2) is 4.39 Å². The van der Waals surface area contributed by atoms with Crippen molar-refractivity contribution in [1.82, 2.24) is 4.90 Å². The second-order valence-electron chi connectivity index (χ2n) is 9.41. The molecule has 0 radical (unpaired) electrons. The van der Waals surface area contributed by atoms with Crippen molar-refractivity contribution in [3.63, 3.8) is 0 Å². The van der Waals surface area contributed by atoms with Crippen molar-refractivity contribution in [2.45, 2.75) is 24.7 Å². The molecule has 4 aromatic rings. The molecule has 5 rings (SSSR count). The number of fused-ring (bicyclic) bond motifs is 1. The van der Waals surface area contributed by atoms with Gasteiger partial charge in [-0.1, -0.05) is 48.5 Å². The number of methoxy groups -OCH3 is 1. The van der Waals surface area contributed by atoms with E-state index in [1.807, 2.05) is 0 Å². The van der Waals surface area contributed by atoms with Crippen LogP contribution in [0, 0.1) is 5.82 Å². The van der Waals surface area contributed by atoms with Gasteiger partial charge in [0.15, 0.2) is 0 Å². The lowest BCUT2D eigenvalue weighted by Crippen LogP contribution is -2.45. The molecule has 1 heterocycles. The average Bonchev–Trinajstić information content (AvgIpc) is 2.95. The van der Waals surface area contributed by atoms with Crippen molar-refractivity contribution in [1.29, 1.82) is 0 Å². The zero-order valence-electron chi connectivity index (χ0n) is 21.3. The van der Waals surface area contributed by atoms with E-state index in [1.54, 1.807) is 60.7 Å². The first-order valence-electron chi connectivity index (χ1n) is 12.4. The lowest BCUT2D eigenvalue weighted by Gasteiger charge is -2.42. The van der Waals surface area contributed by atoms with E-state index in [0.717, 1.165) is 12.1 Å². The smallest absolute Gasteiger partial charge is 0.416 e. The van der Waals surface area contributed by atoms with Gasteiger partial charge in [-0.15, -0.1) is 0 Å². The van der Waals surface area contributed by atoms with Crippen molar-refractivity contribution in [3.8, 4) is 5.75 Å². The number of ether oxygens (including phenoxy) is 1. The van der Waals surface area contributed by atoms with Gasteiger partial charge >= 0.3 is 6.18 Å². The Kier molecular flexibility index (Phi) is 7.30. The van der Waals surface area contributed by atoms with E-state index < -0.39 is 35.4 Å². The molecule has 0 aromatic heterocycles. The quantitative estimate of drug-likeness (QED) is 0.265. The first-order chi connectivity index (χ1) is 19.2. The third-order valence-electron chi connectivity index (χ3n) is 6.90. The van der Waals surface area contributed by atoms with Crippen molar-refractivity contribution in [3.05, 3.63) is 131 Å². The van der Waals surface area contributed by atoms with Gasteiger partial charge in [-0.2, -0.15) is 13.2 Å². The van der Waals surface area contributed by atoms with E-state index in [2.05, 4.69) is 5.32 Å². The summed E-state index contributed by atoms with van der Waals surface area (Å²) in [6.45, 7) is 0.0669. The Balaban J connectivity index is 1.61. The number of anilines is 1. The summed E-state index contributed by atoms with van der Waals surface area (Å²) in [7, 11) is 1.52. The topological polar surface area (TPSA) is 58.6 Å². The molecule has 0 spiro atoms. The fraction of sp³-hybridized carbons (Fsp3) is 0.161. The number of hydrogen-bond donors (Lipinski definition) is 1. The largest absolute Gasteiger partial charge is 0.497 e. The number of benzene rings is 4. The second kappa shape index (κ2) is 10.8. The summed E-state index contributed by atoms with van der Waals surface area (Å²) in [5, 5.41) is 2.64. The lowest BCUT2D eigenvalue weighted by molar-refractivity contribution is -0.137. The molecule has 5 nitrogen and oxygen atoms in total. The normalized spacial score (nSPS) is 16.8. The van der Waals surface area contributed by atoms with Gasteiger partial charge < -0.3 is 15.0 Å². The molecule has 204 valence electrons. The second-order valence-corrected chi connectivity index (χ2v) is 9.41. The number of nitrogens with zero attached hydrogens (tertiary/aromatic N) is 1. The van der Waals surface area contributed by atoms with Crippen LogP contribution >= 0.6 is 0 Å². The van der Waals surface area contributed by atoms with Crippen LogP contribution in [0.25, 0.3) is 0 Å². The Hall–Kier alpha value is -4.66. The molecular weight excluding hydrogens is 524 g/mol. The van der Waals surface area contributed by atoms with Gasteiger partial charge in [-0.05, 0) is 65.2 Å². The highest BCUT2D eigenvalue weighted by Crippen LogP contribution is 2.44. The number of alkyl halides is 3. The van der Waals surface area contributed by atoms with Crippen molar-refractivity contribution < 1.29 is 31.9 Å². The molecule has 0 saturated heterocycles. The molecule has 2 atom stereocenters. The van der Waals surface area contributed by atoms with Crippen LogP contribution in [-0.2, 0) is 17.5 Å². The first kappa shape index (κ1) is 26.9. The molecule has 0 unspecified atom stereocenters. The highest BCUT2D eigenvalue weighted by atomic mass is 19.4. The summed E-state index contributed by atoms with van der Waals surface area (Å²) in [6, 6.07) is 22.8. The lowest BCUT2D eigenvalue weighted by atomic mass is 9.79. The minimum atomic E-state index is -4.58. The molecule has 0 saturated carbocycles. The zero-order valence-corrected chi connectivity index (χ0v) is 21.3. The van der Waals surface area contributed by atoms with E-state index in [4.69, 9.17) is 4.74 Å². The number of rotatable bonds is 6. The number of amides is 2. The minimum absolute atomic E-state index is 0.0206. The van der Waals surface area contributed by atoms with E-state index in [1.165, 1.54) is 36.3 Å². The Labute approximate surface area is 228 Å². The van der Waals surface area contributed by atoms with Crippen LogP contribution in [0.3, 0.4) is 0 Å². The molecule has 1 N–H and O–H groups in total. The number of nitrogens with one attached hydrogen (secondary N) is 1. The summed E-state index contributed by atoms with van der Waals surface area (Å²) >= 11 is 0. The maximum Gasteiger partial charge on any atom is 0.416 e. The molecule has 9 heteroatoms. The van der Waals surface area contributed by atoms with Crippen LogP contribution < -0.4 is 10.1 Å². The molecule has 1 aliphatic rings. The predicted molar refractivity (Wildman–Crippen MR) is 141 cm³/mol. The number of carbonyl (C=O) groups is 2. The number of carbonyl (C=O) groups excluding carboxylic acids is 2. The average molecular weight is 549 g/mol. The monoisotopic (exact) mass is 548 g/mol. The summed E-state index contributed by atoms with van der Waals surface area (Å²) in [5.41, 5.74) is 1.10. The van der Waals surface area contributed by atoms with Crippen LogP contribution in [0.5, 0.6) is 5.75 Å². The zero-order chi connectivity index (χ0) is 28.4. The van der Waals surface area contributed by atoms with Crippen LogP contribution in [0.15, 0.2) is 97.1 Å². The standard InChI is InChI=1S/C31H24F4N2O3/c1-40-24-15-11-20(12-16-24)28-27(29(38)36-23-6-4-5-21(17-23)31(33,34)35)25-7-2-3-8-26(25)30(39)37(28)18-19-9-13-22(32)14-10-19/h2-17,27-28H,18H2,1H3,(H,36,38)/t27-,28+/m1/s1. The predicted octanol–water partition coefficient (Wildman–Crippen LogP) is 6.97. The summed E-state index contributed by atoms with van der Waals surface area (Å²) < 4.78 is 58.9. The van der Waals surface area contributed by atoms with Gasteiger partial charge in [0.05, 0.1) is 24.6 Å². The molecule has 1 aliphatic heterocycles. The Bertz CT molecular complexity index is 1540. The minimum Gasteiger partial charge on any atom is -0.497 e. The van der Waals surface area contributed by atoms with Crippen LogP contribution in [0.1, 0.15) is 44.6 Å². The maximum absolute atomic E-state index is 13.9. The van der Waals surface area contributed by atoms with Gasteiger partial charge in [0.25, 0.3) is 5.91 Å². The molecule has 40 heavy (non-hydrogen) atoms. The van der Waals surface area contributed by atoms with Crippen LogP contribution in [-0.4, -0.2) is 23.8 Å². The molecule has 2 amide bonds. The fourth-order valence-electron chi connectivity index (χ4n) is 5.00. The van der Waals surface area contributed by atoms with Gasteiger partial charge in [0.2, 0.25) is 5.91 Å². The molecule has 0 aliphatic carbocycles. The maximum atomic E-state index is 13.9. The highest BCUT2D eigenvalue weighted by molar-refractivity contribution is 6.04.